The van der Waals surface area contributed by atoms with Gasteiger partial charge in [0, 0.05) is 36.6 Å². The van der Waals surface area contributed by atoms with Crippen molar-refractivity contribution in [3.8, 4) is 28.6 Å². The van der Waals surface area contributed by atoms with E-state index in [2.05, 4.69) is 15.1 Å². The number of carbonyl (C=O) groups excluding carboxylic acids is 1. The molecule has 1 aliphatic rings. The number of likely N-dealkylation sites (tertiary alicyclic amines) is 1. The van der Waals surface area contributed by atoms with E-state index < -0.39 is 0 Å². The van der Waals surface area contributed by atoms with Crippen LogP contribution in [-0.2, 0) is 11.3 Å². The largest absolute Gasteiger partial charge is 0.496 e. The van der Waals surface area contributed by atoms with E-state index >= 15 is 0 Å². The summed E-state index contributed by atoms with van der Waals surface area (Å²) < 4.78 is 12.9. The fourth-order valence-corrected chi connectivity index (χ4v) is 4.35. The van der Waals surface area contributed by atoms with E-state index in [-0.39, 0.29) is 5.91 Å². The Morgan fingerprint density at radius 3 is 2.82 bits per heavy atom. The van der Waals surface area contributed by atoms with Crippen LogP contribution in [0.3, 0.4) is 0 Å². The molecule has 0 atom stereocenters. The van der Waals surface area contributed by atoms with Crippen molar-refractivity contribution in [2.45, 2.75) is 32.2 Å². The topological polar surface area (TPSA) is 86.3 Å². The molecule has 9 heteroatoms. The molecule has 5 rings (SSSR count). The van der Waals surface area contributed by atoms with Crippen LogP contribution in [0.5, 0.6) is 5.75 Å². The molecule has 1 aliphatic heterocycles. The number of nitrogens with zero attached hydrogens (tertiary/aromatic N) is 5. The maximum absolute atomic E-state index is 12.5. The minimum absolute atomic E-state index is 0.213. The number of piperidine rings is 1. The van der Waals surface area contributed by atoms with Crippen molar-refractivity contribution in [3.05, 3.63) is 47.7 Å². The molecule has 2 aromatic heterocycles. The van der Waals surface area contributed by atoms with Gasteiger partial charge < -0.3 is 18.7 Å². The summed E-state index contributed by atoms with van der Waals surface area (Å²) in [5.41, 5.74) is 3.24. The highest BCUT2D eigenvalue weighted by atomic mass is 35.5. The summed E-state index contributed by atoms with van der Waals surface area (Å²) in [6.45, 7) is 2.36. The smallest absolute Gasteiger partial charge is 0.262 e. The molecule has 8 nitrogen and oxygen atoms in total. The van der Waals surface area contributed by atoms with Crippen LogP contribution in [0.2, 0.25) is 5.02 Å². The third-order valence-electron chi connectivity index (χ3n) is 5.97. The maximum Gasteiger partial charge on any atom is 0.262 e. The van der Waals surface area contributed by atoms with E-state index in [1.807, 2.05) is 27.7 Å². The van der Waals surface area contributed by atoms with Crippen molar-refractivity contribution in [1.82, 2.24) is 24.6 Å². The van der Waals surface area contributed by atoms with Crippen molar-refractivity contribution >= 4 is 28.5 Å². The van der Waals surface area contributed by atoms with E-state index in [1.165, 1.54) is 6.42 Å². The normalized spacial score (nSPS) is 14.1. The highest BCUT2D eigenvalue weighted by Gasteiger charge is 2.18. The Morgan fingerprint density at radius 2 is 2.00 bits per heavy atom. The van der Waals surface area contributed by atoms with Crippen molar-refractivity contribution in [2.75, 3.05) is 20.2 Å². The van der Waals surface area contributed by atoms with E-state index in [0.717, 1.165) is 42.5 Å². The number of halogens is 1. The first-order valence-corrected chi connectivity index (χ1v) is 11.4. The molecule has 0 radical (unpaired) electrons. The number of benzene rings is 2. The summed E-state index contributed by atoms with van der Waals surface area (Å²) in [5.74, 6) is 1.58. The lowest BCUT2D eigenvalue weighted by atomic mass is 10.1. The van der Waals surface area contributed by atoms with Crippen LogP contribution < -0.4 is 4.74 Å². The number of aryl methyl sites for hydroxylation is 1. The number of rotatable bonds is 6. The van der Waals surface area contributed by atoms with Gasteiger partial charge in [-0.05, 0) is 55.7 Å². The molecule has 0 unspecified atom stereocenters. The molecule has 0 aliphatic carbocycles. The Morgan fingerprint density at radius 1 is 1.15 bits per heavy atom. The van der Waals surface area contributed by atoms with Gasteiger partial charge in [-0.3, -0.25) is 4.79 Å². The lowest BCUT2D eigenvalue weighted by Crippen LogP contribution is -2.35. The number of carbonyl (C=O) groups is 1. The van der Waals surface area contributed by atoms with Crippen LogP contribution in [0.25, 0.3) is 33.9 Å². The van der Waals surface area contributed by atoms with E-state index in [4.69, 9.17) is 20.9 Å². The molecule has 4 aromatic rings. The quantitative estimate of drug-likeness (QED) is 0.406. The Kier molecular flexibility index (Phi) is 6.00. The number of hydrogen-bond donors (Lipinski definition) is 0. The molecule has 33 heavy (non-hydrogen) atoms. The van der Waals surface area contributed by atoms with Crippen molar-refractivity contribution in [3.63, 3.8) is 0 Å². The Labute approximate surface area is 196 Å². The fourth-order valence-electron chi connectivity index (χ4n) is 4.19. The predicted molar refractivity (Wildman–Crippen MR) is 125 cm³/mol. The second-order valence-electron chi connectivity index (χ2n) is 8.10. The number of fused-ring (bicyclic) bond motifs is 1. The highest BCUT2D eigenvalue weighted by molar-refractivity contribution is 6.30. The first-order chi connectivity index (χ1) is 16.1. The fraction of sp³-hybridized carbons (Fsp3) is 0.333. The van der Waals surface area contributed by atoms with Gasteiger partial charge in [-0.1, -0.05) is 16.8 Å². The van der Waals surface area contributed by atoms with Gasteiger partial charge in [-0.25, -0.2) is 4.98 Å². The van der Waals surface area contributed by atoms with Crippen LogP contribution in [0, 0.1) is 0 Å². The Balaban J connectivity index is 1.33. The summed E-state index contributed by atoms with van der Waals surface area (Å²) in [4.78, 5) is 23.5. The Bertz CT molecular complexity index is 1290. The molecular formula is C24H24ClN5O3. The van der Waals surface area contributed by atoms with Crippen LogP contribution in [0.4, 0.5) is 0 Å². The Hall–Kier alpha value is -3.39. The second-order valence-corrected chi connectivity index (χ2v) is 8.54. The monoisotopic (exact) mass is 465 g/mol. The van der Waals surface area contributed by atoms with Crippen LogP contribution in [0.15, 0.2) is 47.2 Å². The van der Waals surface area contributed by atoms with Crippen molar-refractivity contribution < 1.29 is 14.1 Å². The summed E-state index contributed by atoms with van der Waals surface area (Å²) in [5, 5.41) is 4.69. The average Bonchev–Trinajstić information content (AvgIpc) is 3.50. The summed E-state index contributed by atoms with van der Waals surface area (Å²) >= 11 is 6.04. The first-order valence-electron chi connectivity index (χ1n) is 11.0. The minimum atomic E-state index is 0.213. The molecule has 170 valence electrons. The second kappa shape index (κ2) is 9.23. The molecular weight excluding hydrogens is 442 g/mol. The summed E-state index contributed by atoms with van der Waals surface area (Å²) in [6, 6.07) is 11.1. The molecule has 0 bridgehead atoms. The van der Waals surface area contributed by atoms with E-state index in [9.17, 15) is 4.79 Å². The van der Waals surface area contributed by atoms with Gasteiger partial charge in [0.05, 0.1) is 30.0 Å². The maximum atomic E-state index is 12.5. The first kappa shape index (κ1) is 21.5. The molecule has 1 saturated heterocycles. The van der Waals surface area contributed by atoms with Gasteiger partial charge in [0.1, 0.15) is 5.75 Å². The van der Waals surface area contributed by atoms with Crippen molar-refractivity contribution in [1.29, 1.82) is 0 Å². The van der Waals surface area contributed by atoms with Gasteiger partial charge >= 0.3 is 0 Å². The zero-order valence-electron chi connectivity index (χ0n) is 18.3. The van der Waals surface area contributed by atoms with Gasteiger partial charge in [0.25, 0.3) is 5.89 Å². The van der Waals surface area contributed by atoms with Crippen LogP contribution in [-0.4, -0.2) is 50.7 Å². The lowest BCUT2D eigenvalue weighted by Gasteiger charge is -2.26. The number of ether oxygens (including phenoxy) is 1. The summed E-state index contributed by atoms with van der Waals surface area (Å²) in [6.07, 6.45) is 5.67. The minimum Gasteiger partial charge on any atom is -0.496 e. The van der Waals surface area contributed by atoms with Crippen LogP contribution in [0.1, 0.15) is 25.7 Å². The molecule has 1 fully saturated rings. The predicted octanol–water partition coefficient (Wildman–Crippen LogP) is 4.82. The number of methoxy groups -OCH3 is 1. The van der Waals surface area contributed by atoms with Crippen molar-refractivity contribution in [2.24, 2.45) is 0 Å². The standard InChI is InChI=1S/C24H24ClN5O3/c1-32-21-14-17(25)6-7-18(21)24-27-23(28-33-24)16-5-8-20-19(13-16)26-15-30(20)12-9-22(31)29-10-3-2-4-11-29/h5-8,13-15H,2-4,9-12H2,1H3. The van der Waals surface area contributed by atoms with E-state index in [0.29, 0.717) is 41.0 Å². The number of hydrogen-bond acceptors (Lipinski definition) is 6. The highest BCUT2D eigenvalue weighted by Crippen LogP contribution is 2.33. The molecule has 0 spiro atoms. The number of imidazole rings is 1. The molecule has 1 amide bonds. The average molecular weight is 466 g/mol. The van der Waals surface area contributed by atoms with Crippen LogP contribution >= 0.6 is 11.6 Å². The third kappa shape index (κ3) is 4.43. The zero-order valence-corrected chi connectivity index (χ0v) is 19.1. The third-order valence-corrected chi connectivity index (χ3v) is 6.21. The molecule has 0 N–H and O–H groups in total. The SMILES string of the molecule is COc1cc(Cl)ccc1-c1nc(-c2ccc3c(c2)ncn3CCC(=O)N2CCCCC2)no1. The lowest BCUT2D eigenvalue weighted by molar-refractivity contribution is -0.132. The number of amides is 1. The number of aromatic nitrogens is 4. The summed E-state index contributed by atoms with van der Waals surface area (Å²) in [7, 11) is 1.57. The molecule has 0 saturated carbocycles. The molecule has 3 heterocycles. The van der Waals surface area contributed by atoms with Gasteiger partial charge in [0.15, 0.2) is 0 Å². The molecule has 2 aromatic carbocycles. The van der Waals surface area contributed by atoms with E-state index in [1.54, 1.807) is 31.6 Å². The van der Waals surface area contributed by atoms with Gasteiger partial charge in [-0.15, -0.1) is 0 Å². The van der Waals surface area contributed by atoms with Gasteiger partial charge in [0.2, 0.25) is 11.7 Å². The van der Waals surface area contributed by atoms with Gasteiger partial charge in [-0.2, -0.15) is 4.98 Å². The zero-order chi connectivity index (χ0) is 22.8.